The van der Waals surface area contributed by atoms with Gasteiger partial charge in [-0.05, 0) is 54.8 Å². The van der Waals surface area contributed by atoms with Gasteiger partial charge in [0.05, 0.1) is 7.11 Å². The largest absolute Gasteiger partial charge is 0.497 e. The van der Waals surface area contributed by atoms with E-state index in [-0.39, 0.29) is 5.56 Å². The maximum absolute atomic E-state index is 13.2. The minimum Gasteiger partial charge on any atom is -0.497 e. The zero-order valence-electron chi connectivity index (χ0n) is 16.1. The highest BCUT2D eigenvalue weighted by molar-refractivity contribution is 7.98. The molecule has 1 N–H and O–H groups in total. The Morgan fingerprint density at radius 2 is 1.83 bits per heavy atom. The van der Waals surface area contributed by atoms with Gasteiger partial charge in [-0.3, -0.25) is 9.59 Å². The number of esters is 1. The predicted octanol–water partition coefficient (Wildman–Crippen LogP) is 3.11. The predicted molar refractivity (Wildman–Crippen MR) is 109 cm³/mol. The number of nitrogens with one attached hydrogen (secondary N) is 1. The quantitative estimate of drug-likeness (QED) is 0.471. The average molecular weight is 419 g/mol. The molecule has 2 rings (SSSR count). The second kappa shape index (κ2) is 11.2. The summed E-state index contributed by atoms with van der Waals surface area (Å²) in [6.07, 6.45) is 2.22. The van der Waals surface area contributed by atoms with Crippen LogP contribution in [0.25, 0.3) is 0 Å². The third-order valence-corrected chi connectivity index (χ3v) is 4.69. The van der Waals surface area contributed by atoms with Gasteiger partial charge in [-0.2, -0.15) is 11.8 Å². The number of halogens is 1. The number of ether oxygens (including phenoxy) is 2. The Kier molecular flexibility index (Phi) is 8.67. The van der Waals surface area contributed by atoms with Crippen LogP contribution in [-0.4, -0.2) is 49.4 Å². The molecule has 154 valence electrons. The zero-order valence-corrected chi connectivity index (χ0v) is 17.0. The fourth-order valence-electron chi connectivity index (χ4n) is 2.45. The van der Waals surface area contributed by atoms with Crippen molar-refractivity contribution >= 4 is 29.4 Å². The Morgan fingerprint density at radius 1 is 1.10 bits per heavy atom. The highest BCUT2D eigenvalue weighted by Crippen LogP contribution is 2.12. The Bertz CT molecular complexity index is 856. The molecule has 0 aromatic heterocycles. The number of thioether (sulfide) groups is 1. The summed E-state index contributed by atoms with van der Waals surface area (Å²) in [5, 5.41) is 2.64. The number of Topliss-reactive ketones (excluding diaryl/α,β-unsaturated/α-hetero) is 1. The van der Waals surface area contributed by atoms with E-state index < -0.39 is 36.1 Å². The molecule has 0 aliphatic heterocycles. The molecule has 0 unspecified atom stereocenters. The lowest BCUT2D eigenvalue weighted by Crippen LogP contribution is -2.42. The molecule has 8 heteroatoms. The summed E-state index contributed by atoms with van der Waals surface area (Å²) in [6, 6.07) is 10.7. The van der Waals surface area contributed by atoms with Crippen LogP contribution in [-0.2, 0) is 9.53 Å². The number of carbonyl (C=O) groups excluding carboxylic acids is 3. The molecule has 0 bridgehead atoms. The lowest BCUT2D eigenvalue weighted by atomic mass is 10.1. The summed E-state index contributed by atoms with van der Waals surface area (Å²) in [5.41, 5.74) is 0.476. The van der Waals surface area contributed by atoms with Crippen LogP contribution in [0.5, 0.6) is 5.75 Å². The molecule has 0 radical (unpaired) electrons. The third kappa shape index (κ3) is 6.90. The van der Waals surface area contributed by atoms with Gasteiger partial charge in [-0.1, -0.05) is 12.1 Å². The first kappa shape index (κ1) is 22.4. The molecule has 29 heavy (non-hydrogen) atoms. The minimum absolute atomic E-state index is 0.112. The fourth-order valence-corrected chi connectivity index (χ4v) is 2.92. The molecule has 0 aliphatic rings. The van der Waals surface area contributed by atoms with Crippen LogP contribution in [0.4, 0.5) is 4.39 Å². The molecule has 0 fully saturated rings. The summed E-state index contributed by atoms with van der Waals surface area (Å²) < 4.78 is 23.4. The number of carbonyl (C=O) groups is 3. The van der Waals surface area contributed by atoms with E-state index in [0.29, 0.717) is 23.5 Å². The van der Waals surface area contributed by atoms with Crippen molar-refractivity contribution < 1.29 is 28.2 Å². The van der Waals surface area contributed by atoms with E-state index in [1.165, 1.54) is 37.1 Å². The summed E-state index contributed by atoms with van der Waals surface area (Å²) in [6.45, 7) is -0.531. The number of hydrogen-bond donors (Lipinski definition) is 1. The van der Waals surface area contributed by atoms with Crippen molar-refractivity contribution in [3.8, 4) is 5.75 Å². The molecule has 2 aromatic rings. The molecule has 1 amide bonds. The standard InChI is InChI=1S/C21H22FNO5S/c1-27-17-8-6-14(7-9-17)20(25)23-18(10-11-29-2)21(26)28-13-19(24)15-4-3-5-16(22)12-15/h3-9,12,18H,10-11,13H2,1-2H3,(H,23,25)/t18-/m1/s1. The molecule has 6 nitrogen and oxygen atoms in total. The maximum Gasteiger partial charge on any atom is 0.329 e. The Hall–Kier alpha value is -2.87. The second-order valence-corrected chi connectivity index (χ2v) is 7.06. The fraction of sp³-hybridized carbons (Fsp3) is 0.286. The summed E-state index contributed by atoms with van der Waals surface area (Å²) in [4.78, 5) is 37.0. The third-order valence-electron chi connectivity index (χ3n) is 4.04. The van der Waals surface area contributed by atoms with Crippen molar-refractivity contribution in [3.63, 3.8) is 0 Å². The van der Waals surface area contributed by atoms with Crippen molar-refractivity contribution in [1.29, 1.82) is 0 Å². The van der Waals surface area contributed by atoms with E-state index in [0.717, 1.165) is 6.07 Å². The molecule has 0 heterocycles. The van der Waals surface area contributed by atoms with Crippen molar-refractivity contribution in [2.45, 2.75) is 12.5 Å². The highest BCUT2D eigenvalue weighted by atomic mass is 32.2. The Balaban J connectivity index is 1.99. The van der Waals surface area contributed by atoms with Gasteiger partial charge in [0.15, 0.2) is 12.4 Å². The summed E-state index contributed by atoms with van der Waals surface area (Å²) in [5.74, 6) is -1.01. The van der Waals surface area contributed by atoms with E-state index in [9.17, 15) is 18.8 Å². The van der Waals surface area contributed by atoms with Gasteiger partial charge >= 0.3 is 5.97 Å². The van der Waals surface area contributed by atoms with Gasteiger partial charge in [0.1, 0.15) is 17.6 Å². The first-order chi connectivity index (χ1) is 13.9. The lowest BCUT2D eigenvalue weighted by Gasteiger charge is -2.17. The van der Waals surface area contributed by atoms with E-state index in [4.69, 9.17) is 9.47 Å². The van der Waals surface area contributed by atoms with E-state index in [1.54, 1.807) is 24.3 Å². The van der Waals surface area contributed by atoms with Crippen LogP contribution in [0.1, 0.15) is 27.1 Å². The van der Waals surface area contributed by atoms with Gasteiger partial charge in [0, 0.05) is 11.1 Å². The van der Waals surface area contributed by atoms with Crippen molar-refractivity contribution in [2.24, 2.45) is 0 Å². The number of ketones is 1. The zero-order chi connectivity index (χ0) is 21.2. The molecule has 0 spiro atoms. The van der Waals surface area contributed by atoms with E-state index >= 15 is 0 Å². The van der Waals surface area contributed by atoms with Gasteiger partial charge < -0.3 is 14.8 Å². The minimum atomic E-state index is -0.905. The van der Waals surface area contributed by atoms with Crippen LogP contribution in [0.2, 0.25) is 0 Å². The van der Waals surface area contributed by atoms with Crippen molar-refractivity contribution in [2.75, 3.05) is 25.7 Å². The van der Waals surface area contributed by atoms with Crippen LogP contribution in [0.3, 0.4) is 0 Å². The van der Waals surface area contributed by atoms with Gasteiger partial charge in [0.25, 0.3) is 5.91 Å². The van der Waals surface area contributed by atoms with Crippen LogP contribution in [0, 0.1) is 5.82 Å². The van der Waals surface area contributed by atoms with Gasteiger partial charge in [-0.15, -0.1) is 0 Å². The number of benzene rings is 2. The molecule has 1 atom stereocenters. The summed E-state index contributed by atoms with van der Waals surface area (Å²) >= 11 is 1.51. The number of hydrogen-bond acceptors (Lipinski definition) is 6. The Labute approximate surface area is 172 Å². The first-order valence-corrected chi connectivity index (χ1v) is 10.2. The van der Waals surface area contributed by atoms with E-state index in [1.807, 2.05) is 6.26 Å². The monoisotopic (exact) mass is 419 g/mol. The summed E-state index contributed by atoms with van der Waals surface area (Å²) in [7, 11) is 1.52. The topological polar surface area (TPSA) is 81.7 Å². The molecule has 2 aromatic carbocycles. The maximum atomic E-state index is 13.2. The first-order valence-electron chi connectivity index (χ1n) is 8.84. The van der Waals surface area contributed by atoms with Crippen molar-refractivity contribution in [1.82, 2.24) is 5.32 Å². The van der Waals surface area contributed by atoms with Crippen LogP contribution >= 0.6 is 11.8 Å². The average Bonchev–Trinajstić information content (AvgIpc) is 2.74. The highest BCUT2D eigenvalue weighted by Gasteiger charge is 2.23. The van der Waals surface area contributed by atoms with Crippen molar-refractivity contribution in [3.05, 3.63) is 65.5 Å². The lowest BCUT2D eigenvalue weighted by molar-refractivity contribution is -0.144. The SMILES string of the molecule is COc1ccc(C(=O)N[C@H](CCSC)C(=O)OCC(=O)c2cccc(F)c2)cc1. The molecule has 0 aliphatic carbocycles. The number of amides is 1. The smallest absolute Gasteiger partial charge is 0.329 e. The number of methoxy groups -OCH3 is 1. The van der Waals surface area contributed by atoms with Crippen LogP contribution < -0.4 is 10.1 Å². The van der Waals surface area contributed by atoms with Gasteiger partial charge in [-0.25, -0.2) is 9.18 Å². The van der Waals surface area contributed by atoms with Gasteiger partial charge in [0.2, 0.25) is 0 Å². The molecule has 0 saturated carbocycles. The molecular formula is C21H22FNO5S. The second-order valence-electron chi connectivity index (χ2n) is 6.08. The number of rotatable bonds is 10. The van der Waals surface area contributed by atoms with E-state index in [2.05, 4.69) is 5.32 Å². The molecule has 0 saturated heterocycles. The Morgan fingerprint density at radius 3 is 2.45 bits per heavy atom. The van der Waals surface area contributed by atoms with Crippen LogP contribution in [0.15, 0.2) is 48.5 Å². The normalized spacial score (nSPS) is 11.4. The molecular weight excluding hydrogens is 397 g/mol.